The van der Waals surface area contributed by atoms with Crippen LogP contribution in [0.5, 0.6) is 0 Å². The summed E-state index contributed by atoms with van der Waals surface area (Å²) in [6.45, 7) is 0. The summed E-state index contributed by atoms with van der Waals surface area (Å²) in [6, 6.07) is 3.38. The largest absolute Gasteiger partial charge is 0.369 e. The van der Waals surface area contributed by atoms with Gasteiger partial charge in [-0.2, -0.15) is 0 Å². The van der Waals surface area contributed by atoms with Gasteiger partial charge in [-0.1, -0.05) is 6.07 Å². The van der Waals surface area contributed by atoms with E-state index in [-0.39, 0.29) is 5.91 Å². The van der Waals surface area contributed by atoms with E-state index in [4.69, 9.17) is 5.73 Å². The molecule has 0 aliphatic carbocycles. The van der Waals surface area contributed by atoms with E-state index in [9.17, 15) is 4.79 Å². The maximum Gasteiger partial charge on any atom is 0.259 e. The second-order valence-corrected chi connectivity index (χ2v) is 3.78. The third-order valence-corrected chi connectivity index (χ3v) is 2.91. The summed E-state index contributed by atoms with van der Waals surface area (Å²) in [4.78, 5) is 17.9. The highest BCUT2D eigenvalue weighted by Crippen LogP contribution is 2.27. The third-order valence-electron chi connectivity index (χ3n) is 1.98. The van der Waals surface area contributed by atoms with Gasteiger partial charge in [0.15, 0.2) is 12.0 Å². The number of rotatable bonds is 1. The Labute approximate surface area is 79.7 Å². The molecular formula is C8H9N3OS. The molecule has 1 amide bonds. The first-order valence-electron chi connectivity index (χ1n) is 3.84. The van der Waals surface area contributed by atoms with Gasteiger partial charge in [0, 0.05) is 11.9 Å². The highest BCUT2D eigenvalue weighted by atomic mass is 32.1. The zero-order valence-corrected chi connectivity index (χ0v) is 7.91. The number of aliphatic imine (C=N–C) groups is 1. The predicted molar refractivity (Wildman–Crippen MR) is 51.5 cm³/mol. The first-order chi connectivity index (χ1) is 6.20. The van der Waals surface area contributed by atoms with Crippen molar-refractivity contribution in [1.29, 1.82) is 0 Å². The molecule has 1 aliphatic heterocycles. The summed E-state index contributed by atoms with van der Waals surface area (Å²) in [5.41, 5.74) is 5.52. The number of nitrogens with two attached hydrogens (primary N) is 1. The smallest absolute Gasteiger partial charge is 0.259 e. The van der Waals surface area contributed by atoms with E-state index in [1.807, 2.05) is 17.5 Å². The van der Waals surface area contributed by atoms with Crippen LogP contribution in [0.1, 0.15) is 10.9 Å². The Bertz CT molecular complexity index is 357. The van der Waals surface area contributed by atoms with Gasteiger partial charge in [-0.25, -0.2) is 4.99 Å². The molecule has 0 saturated carbocycles. The van der Waals surface area contributed by atoms with Crippen LogP contribution in [-0.2, 0) is 4.79 Å². The monoisotopic (exact) mass is 195 g/mol. The predicted octanol–water partition coefficient (Wildman–Crippen LogP) is 0.576. The van der Waals surface area contributed by atoms with Gasteiger partial charge in [0.2, 0.25) is 0 Å². The molecule has 1 aliphatic rings. The summed E-state index contributed by atoms with van der Waals surface area (Å²) in [5, 5.41) is 1.92. The maximum atomic E-state index is 11.6. The molecule has 5 heteroatoms. The van der Waals surface area contributed by atoms with Gasteiger partial charge < -0.3 is 5.73 Å². The molecule has 0 fully saturated rings. The Kier molecular flexibility index (Phi) is 1.81. The van der Waals surface area contributed by atoms with Crippen LogP contribution in [0.3, 0.4) is 0 Å². The lowest BCUT2D eigenvalue weighted by atomic mass is 10.2. The summed E-state index contributed by atoms with van der Waals surface area (Å²) in [7, 11) is 1.63. The van der Waals surface area contributed by atoms with E-state index < -0.39 is 6.04 Å². The molecule has 1 aromatic rings. The zero-order valence-electron chi connectivity index (χ0n) is 7.10. The number of likely N-dealkylation sites (N-methyl/N-ethyl adjacent to an activating group) is 1. The van der Waals surface area contributed by atoms with Gasteiger partial charge in [-0.15, -0.1) is 11.3 Å². The van der Waals surface area contributed by atoms with Crippen molar-refractivity contribution in [2.45, 2.75) is 6.04 Å². The number of thiophene rings is 1. The fourth-order valence-electron chi connectivity index (χ4n) is 1.20. The molecule has 1 unspecified atom stereocenters. The summed E-state index contributed by atoms with van der Waals surface area (Å²) < 4.78 is 0. The van der Waals surface area contributed by atoms with Gasteiger partial charge in [0.1, 0.15) is 0 Å². The standard InChI is InChI=1S/C8H9N3OS/c1-11-7(12)6(10-8(11)9)5-3-2-4-13-5/h2-4,6H,1H3,(H2,9,10). The van der Waals surface area contributed by atoms with Crippen molar-refractivity contribution in [3.8, 4) is 0 Å². The second-order valence-electron chi connectivity index (χ2n) is 2.80. The van der Waals surface area contributed by atoms with Crippen LogP contribution in [0.15, 0.2) is 22.5 Å². The number of hydrogen-bond acceptors (Lipinski definition) is 4. The summed E-state index contributed by atoms with van der Waals surface area (Å²) in [5.74, 6) is 0.239. The molecule has 0 saturated heterocycles. The molecule has 1 atom stereocenters. The van der Waals surface area contributed by atoms with Crippen LogP contribution in [0.2, 0.25) is 0 Å². The third kappa shape index (κ3) is 1.21. The quantitative estimate of drug-likeness (QED) is 0.712. The summed E-state index contributed by atoms with van der Waals surface area (Å²) in [6.07, 6.45) is 0. The van der Waals surface area contributed by atoms with E-state index in [1.54, 1.807) is 7.05 Å². The van der Waals surface area contributed by atoms with E-state index >= 15 is 0 Å². The van der Waals surface area contributed by atoms with E-state index in [2.05, 4.69) is 4.99 Å². The molecule has 0 spiro atoms. The number of amides is 1. The van der Waals surface area contributed by atoms with Crippen LogP contribution in [0.25, 0.3) is 0 Å². The van der Waals surface area contributed by atoms with Crippen LogP contribution in [-0.4, -0.2) is 23.8 Å². The number of hydrogen-bond donors (Lipinski definition) is 1. The first kappa shape index (κ1) is 8.25. The molecule has 0 radical (unpaired) electrons. The van der Waals surface area contributed by atoms with Crippen LogP contribution in [0.4, 0.5) is 0 Å². The fraction of sp³-hybridized carbons (Fsp3) is 0.250. The van der Waals surface area contributed by atoms with Gasteiger partial charge in [0.25, 0.3) is 5.91 Å². The van der Waals surface area contributed by atoms with Crippen molar-refractivity contribution in [1.82, 2.24) is 4.90 Å². The van der Waals surface area contributed by atoms with Crippen molar-refractivity contribution in [3.63, 3.8) is 0 Å². The zero-order chi connectivity index (χ0) is 9.42. The highest BCUT2D eigenvalue weighted by Gasteiger charge is 2.32. The Balaban J connectivity index is 2.33. The number of carbonyl (C=O) groups is 1. The molecular weight excluding hydrogens is 186 g/mol. The Morgan fingerprint density at radius 2 is 2.46 bits per heavy atom. The molecule has 13 heavy (non-hydrogen) atoms. The average molecular weight is 195 g/mol. The van der Waals surface area contributed by atoms with Crippen molar-refractivity contribution in [3.05, 3.63) is 22.4 Å². The highest BCUT2D eigenvalue weighted by molar-refractivity contribution is 7.10. The van der Waals surface area contributed by atoms with E-state index in [1.165, 1.54) is 16.2 Å². The molecule has 2 rings (SSSR count). The molecule has 1 aromatic heterocycles. The first-order valence-corrected chi connectivity index (χ1v) is 4.72. The van der Waals surface area contributed by atoms with Crippen molar-refractivity contribution < 1.29 is 4.79 Å². The van der Waals surface area contributed by atoms with Gasteiger partial charge in [-0.3, -0.25) is 9.69 Å². The number of carbonyl (C=O) groups excluding carboxylic acids is 1. The maximum absolute atomic E-state index is 11.6. The molecule has 68 valence electrons. The second kappa shape index (κ2) is 2.85. The molecule has 4 nitrogen and oxygen atoms in total. The van der Waals surface area contributed by atoms with Gasteiger partial charge in [-0.05, 0) is 11.4 Å². The van der Waals surface area contributed by atoms with Crippen LogP contribution >= 0.6 is 11.3 Å². The van der Waals surface area contributed by atoms with Crippen molar-refractivity contribution in [2.24, 2.45) is 10.7 Å². The minimum Gasteiger partial charge on any atom is -0.369 e. The van der Waals surface area contributed by atoms with Gasteiger partial charge in [0.05, 0.1) is 0 Å². The lowest BCUT2D eigenvalue weighted by molar-refractivity contribution is -0.126. The molecule has 0 aromatic carbocycles. The number of guanidine groups is 1. The number of nitrogens with zero attached hydrogens (tertiary/aromatic N) is 2. The minimum atomic E-state index is -0.412. The SMILES string of the molecule is CN1C(=O)C(c2cccs2)N=C1N. The average Bonchev–Trinajstić information content (AvgIpc) is 2.70. The minimum absolute atomic E-state index is 0.0556. The van der Waals surface area contributed by atoms with Crippen molar-refractivity contribution in [2.75, 3.05) is 7.05 Å². The topological polar surface area (TPSA) is 58.7 Å². The lowest BCUT2D eigenvalue weighted by Crippen LogP contribution is -2.33. The molecule has 2 heterocycles. The Morgan fingerprint density at radius 3 is 2.92 bits per heavy atom. The Morgan fingerprint density at radius 1 is 1.69 bits per heavy atom. The van der Waals surface area contributed by atoms with E-state index in [0.717, 1.165) is 4.88 Å². The van der Waals surface area contributed by atoms with Crippen LogP contribution in [0, 0.1) is 0 Å². The Hall–Kier alpha value is -1.36. The molecule has 2 N–H and O–H groups in total. The normalized spacial score (nSPS) is 22.2. The van der Waals surface area contributed by atoms with Gasteiger partial charge >= 0.3 is 0 Å². The van der Waals surface area contributed by atoms with Crippen molar-refractivity contribution >= 4 is 23.2 Å². The molecule has 0 bridgehead atoms. The lowest BCUT2D eigenvalue weighted by Gasteiger charge is -2.08. The fourth-order valence-corrected chi connectivity index (χ4v) is 1.96. The van der Waals surface area contributed by atoms with E-state index in [0.29, 0.717) is 5.96 Å². The summed E-state index contributed by atoms with van der Waals surface area (Å²) >= 11 is 1.52. The van der Waals surface area contributed by atoms with Crippen LogP contribution < -0.4 is 5.73 Å².